The predicted octanol–water partition coefficient (Wildman–Crippen LogP) is 4.18. The summed E-state index contributed by atoms with van der Waals surface area (Å²) in [7, 11) is 0. The van der Waals surface area contributed by atoms with Crippen molar-refractivity contribution in [2.75, 3.05) is 13.1 Å². The Labute approximate surface area is 186 Å². The average Bonchev–Trinajstić information content (AvgIpc) is 3.14. The van der Waals surface area contributed by atoms with Gasteiger partial charge in [0.2, 0.25) is 0 Å². The number of fused-ring (bicyclic) bond motifs is 1. The van der Waals surface area contributed by atoms with E-state index in [2.05, 4.69) is 33.8 Å². The first kappa shape index (κ1) is 22.1. The van der Waals surface area contributed by atoms with Crippen molar-refractivity contribution >= 4 is 51.4 Å². The molecule has 0 spiro atoms. The number of thiophene rings is 1. The quantitative estimate of drug-likeness (QED) is 0.266. The molecule has 0 amide bonds. The Bertz CT molecular complexity index is 929. The van der Waals surface area contributed by atoms with Crippen LogP contribution in [0, 0.1) is 11.3 Å². The zero-order valence-corrected chi connectivity index (χ0v) is 18.7. The van der Waals surface area contributed by atoms with Gasteiger partial charge >= 0.3 is 0 Å². The number of halogens is 1. The fraction of sp³-hybridized carbons (Fsp3) is 0.238. The lowest BCUT2D eigenvalue weighted by Crippen LogP contribution is -2.39. The normalized spacial score (nSPS) is 12.1. The maximum atomic E-state index is 10.5. The highest BCUT2D eigenvalue weighted by atomic mass is 127. The van der Waals surface area contributed by atoms with Gasteiger partial charge in [0.15, 0.2) is 5.96 Å². The molecule has 146 valence electrons. The third-order valence-electron chi connectivity index (χ3n) is 4.08. The molecule has 3 N–H and O–H groups in total. The van der Waals surface area contributed by atoms with E-state index >= 15 is 0 Å². The lowest BCUT2D eigenvalue weighted by Gasteiger charge is -2.14. The summed E-state index contributed by atoms with van der Waals surface area (Å²) in [6.07, 6.45) is -0.596. The van der Waals surface area contributed by atoms with Crippen LogP contribution in [0.25, 0.3) is 10.1 Å². The molecule has 28 heavy (non-hydrogen) atoms. The summed E-state index contributed by atoms with van der Waals surface area (Å²) in [6, 6.07) is 19.6. The molecule has 0 saturated carbocycles. The minimum absolute atomic E-state index is 0. The summed E-state index contributed by atoms with van der Waals surface area (Å²) in [5, 5.41) is 26.9. The maximum Gasteiger partial charge on any atom is 0.191 e. The van der Waals surface area contributed by atoms with Crippen molar-refractivity contribution in [2.24, 2.45) is 4.99 Å². The molecule has 0 bridgehead atoms. The van der Waals surface area contributed by atoms with E-state index in [-0.39, 0.29) is 24.0 Å². The third kappa shape index (κ3) is 5.92. The maximum absolute atomic E-state index is 10.5. The van der Waals surface area contributed by atoms with Crippen LogP contribution in [0.4, 0.5) is 0 Å². The molecular weight excluding hydrogens is 483 g/mol. The van der Waals surface area contributed by atoms with Gasteiger partial charge in [0, 0.05) is 22.7 Å². The van der Waals surface area contributed by atoms with Crippen LogP contribution in [0.15, 0.2) is 59.6 Å². The summed E-state index contributed by atoms with van der Waals surface area (Å²) in [5.74, 6) is 0.655. The van der Waals surface area contributed by atoms with Crippen LogP contribution >= 0.6 is 35.3 Å². The second kappa shape index (κ2) is 11.0. The predicted molar refractivity (Wildman–Crippen MR) is 126 cm³/mol. The van der Waals surface area contributed by atoms with Gasteiger partial charge in [-0.1, -0.05) is 30.3 Å². The topological polar surface area (TPSA) is 80.4 Å². The molecule has 5 nitrogen and oxygen atoms in total. The first-order valence-corrected chi connectivity index (χ1v) is 9.69. The summed E-state index contributed by atoms with van der Waals surface area (Å²) < 4.78 is 1.17. The molecule has 0 saturated heterocycles. The Morgan fingerprint density at radius 3 is 2.61 bits per heavy atom. The van der Waals surface area contributed by atoms with Crippen LogP contribution in [0.1, 0.15) is 29.0 Å². The Hall–Kier alpha value is -2.15. The molecule has 7 heteroatoms. The van der Waals surface area contributed by atoms with E-state index in [1.54, 1.807) is 23.5 Å². The number of hydrogen-bond donors (Lipinski definition) is 3. The van der Waals surface area contributed by atoms with Gasteiger partial charge in [-0.3, -0.25) is 0 Å². The van der Waals surface area contributed by atoms with E-state index in [1.165, 1.54) is 4.70 Å². The standard InChI is InChI=1S/C21H22N4OS.HI/c1-2-23-21(24-13-16-9-7-15(12-22)8-10-16)25-14-18(26)20-11-17-5-3-4-6-19(17)27-20;/h3-11,18,26H,2,13-14H2,1H3,(H2,23,24,25);1H. The number of nitrogens with one attached hydrogen (secondary N) is 2. The summed E-state index contributed by atoms with van der Waals surface area (Å²) in [4.78, 5) is 5.49. The van der Waals surface area contributed by atoms with Gasteiger partial charge in [-0.15, -0.1) is 35.3 Å². The van der Waals surface area contributed by atoms with E-state index in [4.69, 9.17) is 5.26 Å². The van der Waals surface area contributed by atoms with Crippen LogP contribution in [0.3, 0.4) is 0 Å². The molecule has 1 aromatic heterocycles. The number of benzene rings is 2. The fourth-order valence-corrected chi connectivity index (χ4v) is 3.71. The highest BCUT2D eigenvalue weighted by Crippen LogP contribution is 2.29. The van der Waals surface area contributed by atoms with Gasteiger partial charge in [-0.05, 0) is 42.1 Å². The lowest BCUT2D eigenvalue weighted by molar-refractivity contribution is 0.184. The second-order valence-corrected chi connectivity index (χ2v) is 7.20. The van der Waals surface area contributed by atoms with E-state index in [0.717, 1.165) is 22.4 Å². The van der Waals surface area contributed by atoms with Gasteiger partial charge in [0.1, 0.15) is 6.10 Å². The summed E-state index contributed by atoms with van der Waals surface area (Å²) >= 11 is 1.61. The first-order chi connectivity index (χ1) is 13.2. The second-order valence-electron chi connectivity index (χ2n) is 6.09. The van der Waals surface area contributed by atoms with Crippen LogP contribution in [-0.4, -0.2) is 24.2 Å². The largest absolute Gasteiger partial charge is 0.386 e. The molecule has 2 aromatic carbocycles. The minimum Gasteiger partial charge on any atom is -0.386 e. The van der Waals surface area contributed by atoms with Crippen LogP contribution < -0.4 is 10.6 Å². The van der Waals surface area contributed by atoms with Crippen molar-refractivity contribution in [3.05, 3.63) is 70.6 Å². The molecule has 3 aromatic rings. The monoisotopic (exact) mass is 506 g/mol. The fourth-order valence-electron chi connectivity index (χ4n) is 2.66. The van der Waals surface area contributed by atoms with E-state index in [9.17, 15) is 5.11 Å². The smallest absolute Gasteiger partial charge is 0.191 e. The van der Waals surface area contributed by atoms with Crippen molar-refractivity contribution in [3.63, 3.8) is 0 Å². The number of aliphatic hydroxyl groups excluding tert-OH is 1. The Kier molecular flexibility index (Phi) is 8.70. The first-order valence-electron chi connectivity index (χ1n) is 8.87. The number of aliphatic imine (C=N–C) groups is 1. The molecular formula is C21H23IN4OS. The number of nitriles is 1. The van der Waals surface area contributed by atoms with Crippen molar-refractivity contribution in [1.82, 2.24) is 10.6 Å². The molecule has 0 aliphatic heterocycles. The van der Waals surface area contributed by atoms with Crippen molar-refractivity contribution in [1.29, 1.82) is 5.26 Å². The van der Waals surface area contributed by atoms with E-state index in [0.29, 0.717) is 24.6 Å². The average molecular weight is 506 g/mol. The van der Waals surface area contributed by atoms with E-state index in [1.807, 2.05) is 37.3 Å². The lowest BCUT2D eigenvalue weighted by atomic mass is 10.1. The number of rotatable bonds is 6. The minimum atomic E-state index is -0.596. The summed E-state index contributed by atoms with van der Waals surface area (Å²) in [5.41, 5.74) is 1.66. The Balaban J connectivity index is 0.00000280. The molecule has 1 atom stereocenters. The third-order valence-corrected chi connectivity index (χ3v) is 5.30. The van der Waals surface area contributed by atoms with Gasteiger partial charge in [0.05, 0.1) is 18.2 Å². The van der Waals surface area contributed by atoms with E-state index < -0.39 is 6.10 Å². The van der Waals surface area contributed by atoms with Crippen molar-refractivity contribution in [2.45, 2.75) is 19.6 Å². The Morgan fingerprint density at radius 1 is 1.18 bits per heavy atom. The van der Waals surface area contributed by atoms with Gasteiger partial charge in [-0.25, -0.2) is 4.99 Å². The molecule has 0 aliphatic carbocycles. The zero-order valence-electron chi connectivity index (χ0n) is 15.6. The van der Waals surface area contributed by atoms with Gasteiger partial charge in [-0.2, -0.15) is 5.26 Å². The van der Waals surface area contributed by atoms with Gasteiger partial charge < -0.3 is 15.7 Å². The van der Waals surface area contributed by atoms with Crippen LogP contribution in [0.5, 0.6) is 0 Å². The number of aliphatic hydroxyl groups is 1. The molecule has 0 radical (unpaired) electrons. The molecule has 1 unspecified atom stereocenters. The van der Waals surface area contributed by atoms with Gasteiger partial charge in [0.25, 0.3) is 0 Å². The van der Waals surface area contributed by atoms with Crippen molar-refractivity contribution in [3.8, 4) is 6.07 Å². The van der Waals surface area contributed by atoms with Crippen molar-refractivity contribution < 1.29 is 5.11 Å². The molecule has 3 rings (SSSR count). The SMILES string of the molecule is CCNC(=NCc1ccc(C#N)cc1)NCC(O)c1cc2ccccc2s1.I. The molecule has 0 fully saturated rings. The van der Waals surface area contributed by atoms with Crippen LogP contribution in [0.2, 0.25) is 0 Å². The number of nitrogens with zero attached hydrogens (tertiary/aromatic N) is 2. The number of guanidine groups is 1. The van der Waals surface area contributed by atoms with Crippen LogP contribution in [-0.2, 0) is 6.54 Å². The number of hydrogen-bond acceptors (Lipinski definition) is 4. The molecule has 0 aliphatic rings. The Morgan fingerprint density at radius 2 is 1.93 bits per heavy atom. The molecule has 1 heterocycles. The highest BCUT2D eigenvalue weighted by Gasteiger charge is 2.12. The summed E-state index contributed by atoms with van der Waals surface area (Å²) in [6.45, 7) is 3.62. The highest BCUT2D eigenvalue weighted by molar-refractivity contribution is 14.0. The zero-order chi connectivity index (χ0) is 19.1.